The highest BCUT2D eigenvalue weighted by molar-refractivity contribution is 6.39. The monoisotopic (exact) mass is 471 g/mol. The van der Waals surface area contributed by atoms with Gasteiger partial charge in [0, 0.05) is 12.1 Å². The minimum atomic E-state index is -0.800. The molecule has 3 aromatic rings. The maximum Gasteiger partial charge on any atom is 0.335 e. The van der Waals surface area contributed by atoms with Crippen molar-refractivity contribution in [2.24, 2.45) is 0 Å². The van der Waals surface area contributed by atoms with Gasteiger partial charge in [-0.3, -0.25) is 25.0 Å². The Morgan fingerprint density at radius 2 is 1.69 bits per heavy atom. The summed E-state index contributed by atoms with van der Waals surface area (Å²) in [6, 6.07) is 19.0. The van der Waals surface area contributed by atoms with Crippen molar-refractivity contribution in [3.8, 4) is 5.75 Å². The van der Waals surface area contributed by atoms with Crippen LogP contribution in [0.2, 0.25) is 0 Å². The van der Waals surface area contributed by atoms with Crippen molar-refractivity contribution in [3.05, 3.63) is 105 Å². The Balaban J connectivity index is 1.49. The number of amides is 4. The van der Waals surface area contributed by atoms with Crippen molar-refractivity contribution in [2.75, 3.05) is 4.90 Å². The number of nitro benzene ring substituents is 1. The number of hydrogen-bond acceptors (Lipinski definition) is 6. The van der Waals surface area contributed by atoms with E-state index in [9.17, 15) is 24.5 Å². The van der Waals surface area contributed by atoms with E-state index in [-0.39, 0.29) is 17.9 Å². The second kappa shape index (κ2) is 10.0. The summed E-state index contributed by atoms with van der Waals surface area (Å²) in [5.41, 5.74) is 2.44. The summed E-state index contributed by atoms with van der Waals surface area (Å²) >= 11 is 0. The quantitative estimate of drug-likeness (QED) is 0.236. The Bertz CT molecular complexity index is 1330. The molecular weight excluding hydrogens is 450 g/mol. The Hall–Kier alpha value is -4.79. The van der Waals surface area contributed by atoms with E-state index >= 15 is 0 Å². The minimum absolute atomic E-state index is 0.0164. The van der Waals surface area contributed by atoms with E-state index in [4.69, 9.17) is 4.74 Å². The van der Waals surface area contributed by atoms with Crippen LogP contribution in [0, 0.1) is 10.1 Å². The van der Waals surface area contributed by atoms with Crippen LogP contribution in [0.5, 0.6) is 5.75 Å². The number of nitrogens with zero attached hydrogens (tertiary/aromatic N) is 2. The van der Waals surface area contributed by atoms with E-state index in [2.05, 4.69) is 5.32 Å². The average Bonchev–Trinajstić information content (AvgIpc) is 2.86. The Morgan fingerprint density at radius 3 is 2.34 bits per heavy atom. The van der Waals surface area contributed by atoms with Crippen LogP contribution in [0.25, 0.3) is 6.08 Å². The predicted molar refractivity (Wildman–Crippen MR) is 129 cm³/mol. The van der Waals surface area contributed by atoms with Gasteiger partial charge in [0.2, 0.25) is 0 Å². The van der Waals surface area contributed by atoms with Crippen molar-refractivity contribution in [2.45, 2.75) is 20.0 Å². The molecule has 0 aliphatic carbocycles. The lowest BCUT2D eigenvalue weighted by Gasteiger charge is -2.26. The number of imide groups is 2. The normalized spacial score (nSPS) is 14.7. The molecule has 0 bridgehead atoms. The summed E-state index contributed by atoms with van der Waals surface area (Å²) < 4.78 is 5.68. The molecule has 176 valence electrons. The van der Waals surface area contributed by atoms with Crippen molar-refractivity contribution >= 4 is 35.3 Å². The third-order valence-electron chi connectivity index (χ3n) is 5.42. The van der Waals surface area contributed by atoms with Gasteiger partial charge in [0.15, 0.2) is 0 Å². The molecule has 1 N–H and O–H groups in total. The molecule has 1 aliphatic heterocycles. The van der Waals surface area contributed by atoms with Gasteiger partial charge in [-0.25, -0.2) is 9.69 Å². The van der Waals surface area contributed by atoms with Crippen LogP contribution >= 0.6 is 0 Å². The largest absolute Gasteiger partial charge is 0.489 e. The van der Waals surface area contributed by atoms with E-state index in [0.29, 0.717) is 22.6 Å². The molecule has 4 amide bonds. The number of anilines is 1. The van der Waals surface area contributed by atoms with Crippen LogP contribution in [0.4, 0.5) is 16.2 Å². The van der Waals surface area contributed by atoms with Gasteiger partial charge >= 0.3 is 6.03 Å². The fourth-order valence-electron chi connectivity index (χ4n) is 3.53. The standard InChI is InChI=1S/C26H21N3O6/c1-2-17-6-10-20(11-7-17)28-25(31)23(24(30)27-26(28)32)15-18-8-12-22(13-9-18)35-16-19-4-3-5-21(14-19)29(33)34/h3-15H,2,16H2,1H3,(H,27,30,32)/b23-15+. The summed E-state index contributed by atoms with van der Waals surface area (Å²) in [6.45, 7) is 2.13. The molecule has 1 saturated heterocycles. The number of carbonyl (C=O) groups is 3. The highest BCUT2D eigenvalue weighted by Gasteiger charge is 2.36. The number of nitrogens with one attached hydrogen (secondary N) is 1. The number of aryl methyl sites for hydroxylation is 1. The van der Waals surface area contributed by atoms with Crippen molar-refractivity contribution in [1.82, 2.24) is 5.32 Å². The lowest BCUT2D eigenvalue weighted by atomic mass is 10.1. The first kappa shape index (κ1) is 23.4. The first-order chi connectivity index (χ1) is 16.9. The number of benzene rings is 3. The van der Waals surface area contributed by atoms with Crippen LogP contribution in [-0.4, -0.2) is 22.8 Å². The van der Waals surface area contributed by atoms with Crippen LogP contribution < -0.4 is 15.0 Å². The summed E-state index contributed by atoms with van der Waals surface area (Å²) in [5.74, 6) is -0.979. The maximum absolute atomic E-state index is 13.0. The molecule has 0 atom stereocenters. The van der Waals surface area contributed by atoms with Gasteiger partial charge in [-0.15, -0.1) is 0 Å². The van der Waals surface area contributed by atoms with Crippen molar-refractivity contribution in [1.29, 1.82) is 0 Å². The van der Waals surface area contributed by atoms with Gasteiger partial charge in [0.25, 0.3) is 17.5 Å². The molecule has 0 aromatic heterocycles. The fraction of sp³-hybridized carbons (Fsp3) is 0.115. The third kappa shape index (κ3) is 5.25. The highest BCUT2D eigenvalue weighted by atomic mass is 16.6. The van der Waals surface area contributed by atoms with Crippen LogP contribution in [0.15, 0.2) is 78.4 Å². The van der Waals surface area contributed by atoms with Gasteiger partial charge in [0.1, 0.15) is 17.9 Å². The predicted octanol–water partition coefficient (Wildman–Crippen LogP) is 4.40. The summed E-state index contributed by atoms with van der Waals surface area (Å²) in [6.07, 6.45) is 2.22. The Kier molecular flexibility index (Phi) is 6.68. The summed E-state index contributed by atoms with van der Waals surface area (Å²) in [4.78, 5) is 49.1. The van der Waals surface area contributed by atoms with Crippen LogP contribution in [0.3, 0.4) is 0 Å². The molecule has 1 aliphatic rings. The van der Waals surface area contributed by atoms with E-state index in [1.54, 1.807) is 48.5 Å². The topological polar surface area (TPSA) is 119 Å². The molecule has 4 rings (SSSR count). The number of barbiturate groups is 1. The maximum atomic E-state index is 13.0. The molecular formula is C26H21N3O6. The van der Waals surface area contributed by atoms with E-state index < -0.39 is 22.8 Å². The molecule has 35 heavy (non-hydrogen) atoms. The SMILES string of the molecule is CCc1ccc(N2C(=O)NC(=O)/C(=C\c3ccc(OCc4cccc([N+](=O)[O-])c4)cc3)C2=O)cc1. The Morgan fingerprint density at radius 1 is 0.971 bits per heavy atom. The van der Waals surface area contributed by atoms with Crippen LogP contribution in [0.1, 0.15) is 23.6 Å². The van der Waals surface area contributed by atoms with Gasteiger partial charge in [-0.1, -0.05) is 43.3 Å². The number of urea groups is 1. The lowest BCUT2D eigenvalue weighted by Crippen LogP contribution is -2.54. The van der Waals surface area contributed by atoms with E-state index in [1.807, 2.05) is 19.1 Å². The minimum Gasteiger partial charge on any atom is -0.489 e. The van der Waals surface area contributed by atoms with Gasteiger partial charge in [-0.2, -0.15) is 0 Å². The number of hydrogen-bond donors (Lipinski definition) is 1. The zero-order chi connectivity index (χ0) is 24.9. The zero-order valence-electron chi connectivity index (χ0n) is 18.8. The first-order valence-electron chi connectivity index (χ1n) is 10.8. The first-order valence-corrected chi connectivity index (χ1v) is 10.8. The molecule has 1 heterocycles. The number of non-ortho nitro benzene ring substituents is 1. The van der Waals surface area contributed by atoms with Gasteiger partial charge in [-0.05, 0) is 53.5 Å². The van der Waals surface area contributed by atoms with E-state index in [1.165, 1.54) is 18.2 Å². The van der Waals surface area contributed by atoms with Crippen molar-refractivity contribution < 1.29 is 24.0 Å². The third-order valence-corrected chi connectivity index (χ3v) is 5.42. The lowest BCUT2D eigenvalue weighted by molar-refractivity contribution is -0.384. The second-order valence-corrected chi connectivity index (χ2v) is 7.76. The summed E-state index contributed by atoms with van der Waals surface area (Å²) in [7, 11) is 0. The van der Waals surface area contributed by atoms with Gasteiger partial charge in [0.05, 0.1) is 10.6 Å². The molecule has 0 saturated carbocycles. The number of rotatable bonds is 7. The second-order valence-electron chi connectivity index (χ2n) is 7.76. The number of carbonyl (C=O) groups excluding carboxylic acids is 3. The molecule has 1 fully saturated rings. The van der Waals surface area contributed by atoms with E-state index in [0.717, 1.165) is 16.9 Å². The molecule has 9 nitrogen and oxygen atoms in total. The van der Waals surface area contributed by atoms with Crippen molar-refractivity contribution in [3.63, 3.8) is 0 Å². The van der Waals surface area contributed by atoms with Crippen LogP contribution in [-0.2, 0) is 22.6 Å². The summed E-state index contributed by atoms with van der Waals surface area (Å²) in [5, 5.41) is 13.1. The molecule has 9 heteroatoms. The van der Waals surface area contributed by atoms with Gasteiger partial charge < -0.3 is 4.74 Å². The number of ether oxygens (including phenoxy) is 1. The molecule has 0 unspecified atom stereocenters. The molecule has 0 radical (unpaired) electrons. The molecule has 0 spiro atoms. The Labute approximate surface area is 200 Å². The zero-order valence-corrected chi connectivity index (χ0v) is 18.8. The smallest absolute Gasteiger partial charge is 0.335 e. The molecule has 3 aromatic carbocycles. The number of nitro groups is 1. The highest BCUT2D eigenvalue weighted by Crippen LogP contribution is 2.23. The average molecular weight is 471 g/mol. The fourth-order valence-corrected chi connectivity index (χ4v) is 3.53.